The molecule has 2 heteroatoms. The molecule has 0 aliphatic heterocycles. The van der Waals surface area contributed by atoms with Gasteiger partial charge >= 0.3 is 0 Å². The van der Waals surface area contributed by atoms with Crippen LogP contribution in [0, 0.1) is 0 Å². The second kappa shape index (κ2) is 10.4. The maximum atomic E-state index is 6.51. The van der Waals surface area contributed by atoms with E-state index >= 15 is 0 Å². The van der Waals surface area contributed by atoms with Gasteiger partial charge in [-0.1, -0.05) is 121 Å². The van der Waals surface area contributed by atoms with Crippen LogP contribution in [-0.2, 0) is 0 Å². The molecule has 50 heavy (non-hydrogen) atoms. The average Bonchev–Trinajstić information content (AvgIpc) is 3.76. The molecule has 9 aromatic carbocycles. The molecule has 0 fully saturated rings. The summed E-state index contributed by atoms with van der Waals surface area (Å²) >= 11 is 0. The highest BCUT2D eigenvalue weighted by molar-refractivity contribution is 6.26. The molecule has 0 spiro atoms. The van der Waals surface area contributed by atoms with Crippen LogP contribution in [0.15, 0.2) is 179 Å². The molecule has 0 amide bonds. The summed E-state index contributed by atoms with van der Waals surface area (Å²) in [6, 6.07) is 61.0. The lowest BCUT2D eigenvalue weighted by Gasteiger charge is -2.12. The van der Waals surface area contributed by atoms with Gasteiger partial charge in [0.1, 0.15) is 11.2 Å². The first-order valence-corrected chi connectivity index (χ1v) is 17.1. The summed E-state index contributed by atoms with van der Waals surface area (Å²) in [4.78, 5) is 0. The lowest BCUT2D eigenvalue weighted by atomic mass is 9.91. The van der Waals surface area contributed by atoms with Crippen LogP contribution >= 0.6 is 0 Å². The highest BCUT2D eigenvalue weighted by Gasteiger charge is 2.17. The lowest BCUT2D eigenvalue weighted by molar-refractivity contribution is 0.633. The lowest BCUT2D eigenvalue weighted by Crippen LogP contribution is -1.85. The van der Waals surface area contributed by atoms with Gasteiger partial charge in [-0.05, 0) is 114 Å². The van der Waals surface area contributed by atoms with Gasteiger partial charge in [0, 0.05) is 21.5 Å². The Bertz CT molecular complexity index is 3110. The van der Waals surface area contributed by atoms with Crippen molar-refractivity contribution in [3.8, 4) is 33.4 Å². The Morgan fingerprint density at radius 1 is 0.220 bits per heavy atom. The summed E-state index contributed by atoms with van der Waals surface area (Å²) in [7, 11) is 0. The molecule has 11 rings (SSSR count). The molecule has 2 nitrogen and oxygen atoms in total. The predicted molar refractivity (Wildman–Crippen MR) is 210 cm³/mol. The molecule has 0 atom stereocenters. The summed E-state index contributed by atoms with van der Waals surface area (Å²) in [5.41, 5.74) is 10.4. The Morgan fingerprint density at radius 2 is 0.600 bits per heavy atom. The molecule has 232 valence electrons. The SMILES string of the molecule is c1ccc(-c2ccc3oc4c(ccc5c6cc(-c7cccc(-c8ccc9c%10ccccc%10c%10ccccc%10c9c8)c7)ccc6oc54)c3c2)cc1. The molecular formula is C48H28O2. The Morgan fingerprint density at radius 3 is 1.16 bits per heavy atom. The van der Waals surface area contributed by atoms with Gasteiger partial charge in [0.05, 0.1) is 0 Å². The third-order valence-corrected chi connectivity index (χ3v) is 10.5. The molecule has 0 unspecified atom stereocenters. The quantitative estimate of drug-likeness (QED) is 0.180. The minimum atomic E-state index is 0.789. The van der Waals surface area contributed by atoms with Gasteiger partial charge in [-0.25, -0.2) is 0 Å². The Hall–Kier alpha value is -6.64. The number of rotatable bonds is 3. The summed E-state index contributed by atoms with van der Waals surface area (Å²) in [6.45, 7) is 0. The van der Waals surface area contributed by atoms with E-state index in [-0.39, 0.29) is 0 Å². The number of benzene rings is 9. The number of hydrogen-bond donors (Lipinski definition) is 0. The summed E-state index contributed by atoms with van der Waals surface area (Å²) in [5, 5.41) is 12.0. The van der Waals surface area contributed by atoms with E-state index in [4.69, 9.17) is 8.83 Å². The molecule has 11 aromatic rings. The number of hydrogen-bond acceptors (Lipinski definition) is 2. The molecule has 0 bridgehead atoms. The highest BCUT2D eigenvalue weighted by atomic mass is 16.4. The Kier molecular flexibility index (Phi) is 5.70. The second-order valence-corrected chi connectivity index (χ2v) is 13.2. The first-order valence-electron chi connectivity index (χ1n) is 17.1. The fourth-order valence-electron chi connectivity index (χ4n) is 8.02. The average molecular weight is 637 g/mol. The standard InChI is InChI=1S/C48H28O2/c1-2-9-29(10-3-1)32-18-23-45-43(27-32)40-21-22-41-44-28-34(19-24-46(44)50-48(41)47(40)49-45)31-12-8-11-30(25-31)33-17-20-39-37-15-5-4-13-35(37)36-14-6-7-16-38(36)42(39)26-33/h1-28H. The van der Waals surface area contributed by atoms with Crippen molar-refractivity contribution >= 4 is 76.2 Å². The van der Waals surface area contributed by atoms with E-state index < -0.39 is 0 Å². The van der Waals surface area contributed by atoms with Gasteiger partial charge in [0.15, 0.2) is 11.2 Å². The minimum absolute atomic E-state index is 0.789. The topological polar surface area (TPSA) is 26.3 Å². The summed E-state index contributed by atoms with van der Waals surface area (Å²) in [5.74, 6) is 0. The van der Waals surface area contributed by atoms with E-state index in [1.54, 1.807) is 0 Å². The molecule has 2 heterocycles. The van der Waals surface area contributed by atoms with E-state index in [1.807, 2.05) is 6.07 Å². The second-order valence-electron chi connectivity index (χ2n) is 13.2. The largest absolute Gasteiger partial charge is 0.452 e. The fourth-order valence-corrected chi connectivity index (χ4v) is 8.02. The first-order chi connectivity index (χ1) is 24.8. The first kappa shape index (κ1) is 27.3. The van der Waals surface area contributed by atoms with Crippen molar-refractivity contribution in [3.63, 3.8) is 0 Å². The highest BCUT2D eigenvalue weighted by Crippen LogP contribution is 2.42. The zero-order valence-corrected chi connectivity index (χ0v) is 27.0. The van der Waals surface area contributed by atoms with Crippen molar-refractivity contribution in [1.29, 1.82) is 0 Å². The zero-order valence-electron chi connectivity index (χ0n) is 27.0. The third kappa shape index (κ3) is 4.03. The maximum absolute atomic E-state index is 6.51. The van der Waals surface area contributed by atoms with Gasteiger partial charge in [-0.2, -0.15) is 0 Å². The number of furan rings is 2. The van der Waals surface area contributed by atoms with Crippen molar-refractivity contribution in [3.05, 3.63) is 170 Å². The minimum Gasteiger partial charge on any atom is -0.452 e. The molecule has 0 aliphatic carbocycles. The van der Waals surface area contributed by atoms with E-state index in [2.05, 4.69) is 164 Å². The van der Waals surface area contributed by atoms with Gasteiger partial charge in [0.2, 0.25) is 0 Å². The molecule has 0 saturated heterocycles. The molecule has 2 aromatic heterocycles. The Labute approximate surface area is 287 Å². The number of fused-ring (bicyclic) bond motifs is 13. The molecule has 0 N–H and O–H groups in total. The van der Waals surface area contributed by atoms with Crippen LogP contribution in [-0.4, -0.2) is 0 Å². The fraction of sp³-hybridized carbons (Fsp3) is 0. The molecule has 0 radical (unpaired) electrons. The van der Waals surface area contributed by atoms with Crippen LogP contribution in [0.4, 0.5) is 0 Å². The van der Waals surface area contributed by atoms with Crippen molar-refractivity contribution in [1.82, 2.24) is 0 Å². The van der Waals surface area contributed by atoms with Crippen LogP contribution in [0.2, 0.25) is 0 Å². The maximum Gasteiger partial charge on any atom is 0.178 e. The van der Waals surface area contributed by atoms with Crippen LogP contribution < -0.4 is 0 Å². The van der Waals surface area contributed by atoms with Crippen LogP contribution in [0.1, 0.15) is 0 Å². The van der Waals surface area contributed by atoms with Crippen LogP contribution in [0.5, 0.6) is 0 Å². The molecule has 0 aliphatic rings. The smallest absolute Gasteiger partial charge is 0.178 e. The molecule has 0 saturated carbocycles. The van der Waals surface area contributed by atoms with Gasteiger partial charge in [-0.15, -0.1) is 0 Å². The van der Waals surface area contributed by atoms with Gasteiger partial charge < -0.3 is 8.83 Å². The summed E-state index contributed by atoms with van der Waals surface area (Å²) < 4.78 is 13.0. The van der Waals surface area contributed by atoms with E-state index in [1.165, 1.54) is 60.1 Å². The van der Waals surface area contributed by atoms with E-state index in [0.717, 1.165) is 49.4 Å². The normalized spacial score (nSPS) is 12.0. The van der Waals surface area contributed by atoms with E-state index in [0.29, 0.717) is 0 Å². The van der Waals surface area contributed by atoms with E-state index in [9.17, 15) is 0 Å². The zero-order chi connectivity index (χ0) is 32.8. The van der Waals surface area contributed by atoms with Crippen molar-refractivity contribution < 1.29 is 8.83 Å². The van der Waals surface area contributed by atoms with Crippen LogP contribution in [0.25, 0.3) is 110 Å². The van der Waals surface area contributed by atoms with Gasteiger partial charge in [-0.3, -0.25) is 0 Å². The van der Waals surface area contributed by atoms with Crippen molar-refractivity contribution in [2.75, 3.05) is 0 Å². The third-order valence-electron chi connectivity index (χ3n) is 10.5. The summed E-state index contributed by atoms with van der Waals surface area (Å²) in [6.07, 6.45) is 0. The predicted octanol–water partition coefficient (Wildman–Crippen LogP) is 13.9. The van der Waals surface area contributed by atoms with Crippen LogP contribution in [0.3, 0.4) is 0 Å². The monoisotopic (exact) mass is 636 g/mol. The van der Waals surface area contributed by atoms with Crippen molar-refractivity contribution in [2.45, 2.75) is 0 Å². The van der Waals surface area contributed by atoms with Gasteiger partial charge in [0.25, 0.3) is 0 Å². The molecular weight excluding hydrogens is 609 g/mol. The Balaban J connectivity index is 1.02. The van der Waals surface area contributed by atoms with Crippen molar-refractivity contribution in [2.24, 2.45) is 0 Å².